The van der Waals surface area contributed by atoms with E-state index in [0.717, 1.165) is 22.4 Å². The van der Waals surface area contributed by atoms with Crippen molar-refractivity contribution in [1.82, 2.24) is 0 Å². The van der Waals surface area contributed by atoms with Crippen LogP contribution in [0.3, 0.4) is 0 Å². The van der Waals surface area contributed by atoms with Gasteiger partial charge in [0, 0.05) is 17.2 Å². The van der Waals surface area contributed by atoms with Gasteiger partial charge in [-0.3, -0.25) is 4.79 Å². The van der Waals surface area contributed by atoms with E-state index in [1.807, 2.05) is 49.4 Å². The molecule has 1 amide bonds. The van der Waals surface area contributed by atoms with E-state index >= 15 is 0 Å². The molecule has 0 saturated carbocycles. The smallest absolute Gasteiger partial charge is 0.255 e. The number of nitrogens with one attached hydrogen (secondary N) is 1. The lowest BCUT2D eigenvalue weighted by molar-refractivity contribution is 0.102. The van der Waals surface area contributed by atoms with Gasteiger partial charge in [0.2, 0.25) is 0 Å². The van der Waals surface area contributed by atoms with Crippen molar-refractivity contribution in [1.29, 1.82) is 0 Å². The van der Waals surface area contributed by atoms with Crippen LogP contribution in [0.2, 0.25) is 0 Å². The Hall–Kier alpha value is -4.45. The van der Waals surface area contributed by atoms with E-state index in [9.17, 15) is 4.79 Å². The molecule has 184 valence electrons. The number of benzene rings is 4. The van der Waals surface area contributed by atoms with Crippen LogP contribution in [0.25, 0.3) is 11.1 Å². The minimum atomic E-state index is -0.280. The van der Waals surface area contributed by atoms with Crippen molar-refractivity contribution in [3.8, 4) is 34.1 Å². The van der Waals surface area contributed by atoms with E-state index < -0.39 is 0 Å². The van der Waals surface area contributed by atoms with Crippen molar-refractivity contribution in [2.75, 3.05) is 26.1 Å². The number of anilines is 1. The van der Waals surface area contributed by atoms with Crippen molar-refractivity contribution >= 4 is 11.6 Å². The minimum absolute atomic E-state index is 0.254. The van der Waals surface area contributed by atoms with Crippen LogP contribution in [0, 0.1) is 0 Å². The second kappa shape index (κ2) is 11.8. The van der Waals surface area contributed by atoms with Crippen LogP contribution in [0.1, 0.15) is 22.8 Å². The molecule has 4 aromatic rings. The Morgan fingerprint density at radius 2 is 1.42 bits per heavy atom. The first-order chi connectivity index (χ1) is 17.6. The molecule has 4 rings (SSSR count). The standard InChI is InChI=1S/C30H29NO5/c1-4-35-28-16-12-23(30(32)31-27-19-26(33-2)15-17-29(27)34-3)18-24(28)20-36-25-13-10-22(11-14-25)21-8-6-5-7-9-21/h5-19H,4,20H2,1-3H3,(H,31,32). The molecule has 6 nitrogen and oxygen atoms in total. The summed E-state index contributed by atoms with van der Waals surface area (Å²) in [6.07, 6.45) is 0. The van der Waals surface area contributed by atoms with Crippen molar-refractivity contribution in [2.45, 2.75) is 13.5 Å². The number of carbonyl (C=O) groups is 1. The molecule has 4 aromatic carbocycles. The summed E-state index contributed by atoms with van der Waals surface area (Å²) in [6.45, 7) is 2.68. The van der Waals surface area contributed by atoms with Gasteiger partial charge in [-0.1, -0.05) is 42.5 Å². The number of ether oxygens (including phenoxy) is 4. The Morgan fingerprint density at radius 1 is 0.722 bits per heavy atom. The SMILES string of the molecule is CCOc1ccc(C(=O)Nc2cc(OC)ccc2OC)cc1COc1ccc(-c2ccccc2)cc1. The quantitative estimate of drug-likeness (QED) is 0.275. The van der Waals surface area contributed by atoms with Gasteiger partial charge in [0.15, 0.2) is 0 Å². The molecular weight excluding hydrogens is 454 g/mol. The highest BCUT2D eigenvalue weighted by Crippen LogP contribution is 2.30. The highest BCUT2D eigenvalue weighted by Gasteiger charge is 2.14. The molecule has 1 N–H and O–H groups in total. The summed E-state index contributed by atoms with van der Waals surface area (Å²) < 4.78 is 22.5. The Bertz CT molecular complexity index is 1300. The normalized spacial score (nSPS) is 10.4. The maximum absolute atomic E-state index is 13.1. The Kier molecular flexibility index (Phi) is 8.08. The largest absolute Gasteiger partial charge is 0.497 e. The number of carbonyl (C=O) groups excluding carboxylic acids is 1. The van der Waals surface area contributed by atoms with Gasteiger partial charge in [0.1, 0.15) is 29.6 Å². The minimum Gasteiger partial charge on any atom is -0.497 e. The zero-order valence-electron chi connectivity index (χ0n) is 20.6. The fraction of sp³-hybridized carbons (Fsp3) is 0.167. The lowest BCUT2D eigenvalue weighted by atomic mass is 10.1. The van der Waals surface area contributed by atoms with Crippen LogP contribution in [0.15, 0.2) is 91.0 Å². The van der Waals surface area contributed by atoms with Crippen molar-refractivity contribution in [3.05, 3.63) is 102 Å². The average Bonchev–Trinajstić information content (AvgIpc) is 2.93. The van der Waals surface area contributed by atoms with Gasteiger partial charge in [0.05, 0.1) is 26.5 Å². The Morgan fingerprint density at radius 3 is 2.11 bits per heavy atom. The molecule has 0 aromatic heterocycles. The second-order valence-corrected chi connectivity index (χ2v) is 7.95. The van der Waals surface area contributed by atoms with Crippen LogP contribution >= 0.6 is 0 Å². The first-order valence-corrected chi connectivity index (χ1v) is 11.7. The van der Waals surface area contributed by atoms with E-state index in [-0.39, 0.29) is 12.5 Å². The second-order valence-electron chi connectivity index (χ2n) is 7.95. The van der Waals surface area contributed by atoms with Gasteiger partial charge in [-0.05, 0) is 60.5 Å². The summed E-state index contributed by atoms with van der Waals surface area (Å²) in [5.74, 6) is 2.28. The van der Waals surface area contributed by atoms with Crippen LogP contribution in [0.5, 0.6) is 23.0 Å². The molecule has 0 atom stereocenters. The van der Waals surface area contributed by atoms with Crippen molar-refractivity contribution in [3.63, 3.8) is 0 Å². The highest BCUT2D eigenvalue weighted by atomic mass is 16.5. The number of hydrogen-bond acceptors (Lipinski definition) is 5. The molecule has 0 aliphatic carbocycles. The summed E-state index contributed by atoms with van der Waals surface area (Å²) in [5, 5.41) is 2.90. The lowest BCUT2D eigenvalue weighted by Gasteiger charge is -2.15. The maximum atomic E-state index is 13.1. The monoisotopic (exact) mass is 483 g/mol. The van der Waals surface area contributed by atoms with Gasteiger partial charge >= 0.3 is 0 Å². The van der Waals surface area contributed by atoms with Gasteiger partial charge in [-0.15, -0.1) is 0 Å². The first-order valence-electron chi connectivity index (χ1n) is 11.7. The molecule has 0 spiro atoms. The van der Waals surface area contributed by atoms with E-state index in [4.69, 9.17) is 18.9 Å². The average molecular weight is 484 g/mol. The van der Waals surface area contributed by atoms with E-state index in [1.165, 1.54) is 0 Å². The summed E-state index contributed by atoms with van der Waals surface area (Å²) in [7, 11) is 3.12. The molecule has 0 aliphatic rings. The van der Waals surface area contributed by atoms with E-state index in [0.29, 0.717) is 35.1 Å². The molecule has 0 aliphatic heterocycles. The third kappa shape index (κ3) is 5.96. The van der Waals surface area contributed by atoms with Gasteiger partial charge in [0.25, 0.3) is 5.91 Å². The summed E-state index contributed by atoms with van der Waals surface area (Å²) in [5.41, 5.74) is 4.03. The van der Waals surface area contributed by atoms with Gasteiger partial charge in [-0.25, -0.2) is 0 Å². The topological polar surface area (TPSA) is 66.0 Å². The summed E-state index contributed by atoms with van der Waals surface area (Å²) >= 11 is 0. The van der Waals surface area contributed by atoms with Crippen LogP contribution in [0.4, 0.5) is 5.69 Å². The fourth-order valence-corrected chi connectivity index (χ4v) is 3.77. The van der Waals surface area contributed by atoms with Crippen molar-refractivity contribution < 1.29 is 23.7 Å². The molecule has 6 heteroatoms. The summed E-state index contributed by atoms with van der Waals surface area (Å²) in [4.78, 5) is 13.1. The molecule has 0 bridgehead atoms. The number of hydrogen-bond donors (Lipinski definition) is 1. The Labute approximate surface area is 211 Å². The number of rotatable bonds is 10. The molecule has 0 fully saturated rings. The predicted octanol–water partition coefficient (Wildman–Crippen LogP) is 6.60. The highest BCUT2D eigenvalue weighted by molar-refractivity contribution is 6.05. The third-order valence-electron chi connectivity index (χ3n) is 5.63. The zero-order valence-corrected chi connectivity index (χ0v) is 20.6. The fourth-order valence-electron chi connectivity index (χ4n) is 3.77. The molecular formula is C30H29NO5. The molecule has 36 heavy (non-hydrogen) atoms. The molecule has 0 unspecified atom stereocenters. The third-order valence-corrected chi connectivity index (χ3v) is 5.63. The van der Waals surface area contributed by atoms with E-state index in [2.05, 4.69) is 17.4 Å². The van der Waals surface area contributed by atoms with Crippen LogP contribution in [-0.4, -0.2) is 26.7 Å². The van der Waals surface area contributed by atoms with Crippen LogP contribution in [-0.2, 0) is 6.61 Å². The predicted molar refractivity (Wildman–Crippen MR) is 141 cm³/mol. The van der Waals surface area contributed by atoms with Gasteiger partial charge in [-0.2, -0.15) is 0 Å². The first kappa shape index (κ1) is 24.7. The van der Waals surface area contributed by atoms with E-state index in [1.54, 1.807) is 50.6 Å². The Balaban J connectivity index is 1.50. The molecule has 0 radical (unpaired) electrons. The van der Waals surface area contributed by atoms with Crippen LogP contribution < -0.4 is 24.3 Å². The molecule has 0 heterocycles. The number of amides is 1. The zero-order chi connectivity index (χ0) is 25.3. The van der Waals surface area contributed by atoms with Gasteiger partial charge < -0.3 is 24.3 Å². The van der Waals surface area contributed by atoms with Crippen molar-refractivity contribution in [2.24, 2.45) is 0 Å². The molecule has 0 saturated heterocycles. The number of methoxy groups -OCH3 is 2. The summed E-state index contributed by atoms with van der Waals surface area (Å²) in [6, 6.07) is 28.6. The lowest BCUT2D eigenvalue weighted by Crippen LogP contribution is -2.14. The maximum Gasteiger partial charge on any atom is 0.255 e.